The van der Waals surface area contributed by atoms with Crippen LogP contribution in [0.2, 0.25) is 0 Å². The van der Waals surface area contributed by atoms with Crippen LogP contribution in [-0.4, -0.2) is 16.9 Å². The third kappa shape index (κ3) is 3.18. The monoisotopic (exact) mass is 285 g/mol. The van der Waals surface area contributed by atoms with Crippen LogP contribution in [0, 0.1) is 0 Å². The summed E-state index contributed by atoms with van der Waals surface area (Å²) in [6, 6.07) is 10.1. The van der Waals surface area contributed by atoms with Crippen molar-refractivity contribution >= 4 is 10.9 Å². The molecule has 1 fully saturated rings. The fraction of sp³-hybridized carbons (Fsp3) is 0.500. The summed E-state index contributed by atoms with van der Waals surface area (Å²) in [7, 11) is 0. The van der Waals surface area contributed by atoms with Crippen molar-refractivity contribution < 1.29 is 9.47 Å². The Bertz CT molecular complexity index is 598. The molecule has 1 aliphatic carbocycles. The second-order valence-corrected chi connectivity index (χ2v) is 6.07. The maximum atomic E-state index is 6.38. The molecule has 0 aliphatic heterocycles. The second-order valence-electron chi connectivity index (χ2n) is 6.07. The van der Waals surface area contributed by atoms with E-state index in [4.69, 9.17) is 9.47 Å². The molecule has 0 spiro atoms. The van der Waals surface area contributed by atoms with Gasteiger partial charge >= 0.3 is 0 Å². The van der Waals surface area contributed by atoms with Gasteiger partial charge in [-0.15, -0.1) is 0 Å². The fourth-order valence-electron chi connectivity index (χ4n) is 3.12. The molecule has 1 aromatic carbocycles. The summed E-state index contributed by atoms with van der Waals surface area (Å²) < 4.78 is 12.6. The lowest BCUT2D eigenvalue weighted by molar-refractivity contribution is -0.219. The molecule has 3 rings (SSSR count). The highest BCUT2D eigenvalue weighted by molar-refractivity contribution is 5.84. The first-order valence-corrected chi connectivity index (χ1v) is 7.89. The zero-order valence-electron chi connectivity index (χ0n) is 12.8. The largest absolute Gasteiger partial charge is 0.460 e. The molecule has 3 heteroatoms. The molecule has 21 heavy (non-hydrogen) atoms. The third-order valence-corrected chi connectivity index (χ3v) is 3.96. The van der Waals surface area contributed by atoms with Crippen LogP contribution in [-0.2, 0) is 4.74 Å². The number of pyridine rings is 1. The van der Waals surface area contributed by atoms with Gasteiger partial charge in [0.05, 0.1) is 6.10 Å². The van der Waals surface area contributed by atoms with Crippen molar-refractivity contribution in [2.24, 2.45) is 0 Å². The lowest BCUT2D eigenvalue weighted by atomic mass is 9.93. The minimum atomic E-state index is -0.488. The molecule has 0 bridgehead atoms. The van der Waals surface area contributed by atoms with Crippen molar-refractivity contribution in [3.63, 3.8) is 0 Å². The van der Waals surface area contributed by atoms with Crippen LogP contribution in [0.15, 0.2) is 36.5 Å². The first-order valence-electron chi connectivity index (χ1n) is 7.89. The molecule has 0 saturated heterocycles. The quantitative estimate of drug-likeness (QED) is 0.763. The summed E-state index contributed by atoms with van der Waals surface area (Å²) >= 11 is 0. The van der Waals surface area contributed by atoms with Crippen molar-refractivity contribution in [3.05, 3.63) is 36.5 Å². The van der Waals surface area contributed by atoms with E-state index in [0.717, 1.165) is 42.3 Å². The number of para-hydroxylation sites is 1. The molecule has 0 N–H and O–H groups in total. The highest BCUT2D eigenvalue weighted by Crippen LogP contribution is 2.37. The molecule has 0 radical (unpaired) electrons. The zero-order chi connectivity index (χ0) is 14.7. The topological polar surface area (TPSA) is 31.4 Å². The van der Waals surface area contributed by atoms with E-state index in [0.29, 0.717) is 0 Å². The first kappa shape index (κ1) is 14.3. The summed E-state index contributed by atoms with van der Waals surface area (Å²) in [5, 5.41) is 1.10. The third-order valence-electron chi connectivity index (χ3n) is 3.96. The van der Waals surface area contributed by atoms with Crippen molar-refractivity contribution in [2.75, 3.05) is 0 Å². The molecular weight excluding hydrogens is 262 g/mol. The lowest BCUT2D eigenvalue weighted by Crippen LogP contribution is -2.43. The molecule has 1 heterocycles. The van der Waals surface area contributed by atoms with Crippen LogP contribution >= 0.6 is 0 Å². The van der Waals surface area contributed by atoms with Gasteiger partial charge in [-0.1, -0.05) is 24.6 Å². The minimum absolute atomic E-state index is 0.158. The average molecular weight is 285 g/mol. The molecule has 1 aliphatic rings. The molecule has 0 amide bonds. The molecular formula is C18H23NO2. The zero-order valence-corrected chi connectivity index (χ0v) is 12.8. The Balaban J connectivity index is 1.94. The number of hydrogen-bond acceptors (Lipinski definition) is 3. The maximum Gasteiger partial charge on any atom is 0.210 e. The smallest absolute Gasteiger partial charge is 0.210 e. The van der Waals surface area contributed by atoms with Gasteiger partial charge in [-0.25, -0.2) is 0 Å². The first-order chi connectivity index (χ1) is 10.2. The molecule has 112 valence electrons. The van der Waals surface area contributed by atoms with Gasteiger partial charge in [0.2, 0.25) is 5.79 Å². The predicted molar refractivity (Wildman–Crippen MR) is 84.4 cm³/mol. The maximum absolute atomic E-state index is 6.38. The van der Waals surface area contributed by atoms with E-state index in [1.165, 1.54) is 6.42 Å². The van der Waals surface area contributed by atoms with E-state index in [9.17, 15) is 0 Å². The Morgan fingerprint density at radius 2 is 1.81 bits per heavy atom. The number of benzene rings is 1. The Hall–Kier alpha value is -1.61. The van der Waals surface area contributed by atoms with Crippen LogP contribution in [0.4, 0.5) is 0 Å². The van der Waals surface area contributed by atoms with Gasteiger partial charge in [-0.2, -0.15) is 0 Å². The van der Waals surface area contributed by atoms with Gasteiger partial charge in [0.25, 0.3) is 0 Å². The molecule has 1 saturated carbocycles. The van der Waals surface area contributed by atoms with Gasteiger partial charge < -0.3 is 9.47 Å². The molecule has 3 nitrogen and oxygen atoms in total. The van der Waals surface area contributed by atoms with Gasteiger partial charge in [-0.05, 0) is 38.8 Å². The highest BCUT2D eigenvalue weighted by atomic mass is 16.7. The standard InChI is InChI=1S/C18H23NO2/c1-14(2)20-18(11-4-3-5-12-18)21-16-10-6-8-15-9-7-13-19-17(15)16/h6-10,13-14H,3-5,11-12H2,1-2H3. The molecule has 2 aromatic rings. The number of ether oxygens (including phenoxy) is 2. The van der Waals surface area contributed by atoms with Crippen molar-refractivity contribution in [3.8, 4) is 5.75 Å². The second kappa shape index (κ2) is 6.02. The Morgan fingerprint density at radius 1 is 1.05 bits per heavy atom. The van der Waals surface area contributed by atoms with Gasteiger partial charge in [0, 0.05) is 24.4 Å². The Kier molecular flexibility index (Phi) is 4.11. The van der Waals surface area contributed by atoms with Gasteiger partial charge in [-0.3, -0.25) is 4.98 Å². The van der Waals surface area contributed by atoms with Gasteiger partial charge in [0.15, 0.2) is 0 Å². The van der Waals surface area contributed by atoms with Crippen molar-refractivity contribution in [1.29, 1.82) is 0 Å². The highest BCUT2D eigenvalue weighted by Gasteiger charge is 2.36. The van der Waals surface area contributed by atoms with Crippen LogP contribution in [0.3, 0.4) is 0 Å². The molecule has 0 atom stereocenters. The number of fused-ring (bicyclic) bond motifs is 1. The number of nitrogens with zero attached hydrogens (tertiary/aromatic N) is 1. The van der Waals surface area contributed by atoms with Crippen LogP contribution < -0.4 is 4.74 Å². The van der Waals surface area contributed by atoms with E-state index in [1.807, 2.05) is 24.4 Å². The summed E-state index contributed by atoms with van der Waals surface area (Å²) in [6.07, 6.45) is 7.46. The minimum Gasteiger partial charge on any atom is -0.460 e. The predicted octanol–water partition coefficient (Wildman–Crippen LogP) is 4.70. The Morgan fingerprint density at radius 3 is 2.57 bits per heavy atom. The Labute approximate surface area is 126 Å². The lowest BCUT2D eigenvalue weighted by Gasteiger charge is -2.38. The summed E-state index contributed by atoms with van der Waals surface area (Å²) in [5.41, 5.74) is 0.914. The number of aromatic nitrogens is 1. The molecule has 1 aromatic heterocycles. The summed E-state index contributed by atoms with van der Waals surface area (Å²) in [6.45, 7) is 4.14. The van der Waals surface area contributed by atoms with E-state index in [1.54, 1.807) is 0 Å². The van der Waals surface area contributed by atoms with E-state index in [2.05, 4.69) is 31.0 Å². The summed E-state index contributed by atoms with van der Waals surface area (Å²) in [5.74, 6) is 0.341. The SMILES string of the molecule is CC(C)OC1(Oc2cccc3cccnc23)CCCCC1. The fourth-order valence-corrected chi connectivity index (χ4v) is 3.12. The summed E-state index contributed by atoms with van der Waals surface area (Å²) in [4.78, 5) is 4.48. The van der Waals surface area contributed by atoms with Crippen molar-refractivity contribution in [2.45, 2.75) is 57.8 Å². The number of hydrogen-bond donors (Lipinski definition) is 0. The van der Waals surface area contributed by atoms with Crippen LogP contribution in [0.1, 0.15) is 46.0 Å². The van der Waals surface area contributed by atoms with Crippen LogP contribution in [0.25, 0.3) is 10.9 Å². The number of rotatable bonds is 4. The van der Waals surface area contributed by atoms with E-state index >= 15 is 0 Å². The van der Waals surface area contributed by atoms with Crippen molar-refractivity contribution in [1.82, 2.24) is 4.98 Å². The molecule has 0 unspecified atom stereocenters. The normalized spacial score (nSPS) is 18.0. The van der Waals surface area contributed by atoms with Crippen LogP contribution in [0.5, 0.6) is 5.75 Å². The van der Waals surface area contributed by atoms with E-state index < -0.39 is 5.79 Å². The van der Waals surface area contributed by atoms with E-state index in [-0.39, 0.29) is 6.10 Å². The average Bonchev–Trinajstić information content (AvgIpc) is 2.48. The van der Waals surface area contributed by atoms with Gasteiger partial charge in [0.1, 0.15) is 11.3 Å².